The summed E-state index contributed by atoms with van der Waals surface area (Å²) in [6.45, 7) is 0. The van der Waals surface area contributed by atoms with E-state index in [0.717, 1.165) is 10.1 Å². The molecular weight excluding hydrogens is 588 g/mol. The van der Waals surface area contributed by atoms with Gasteiger partial charge in [0.1, 0.15) is 5.69 Å². The molecule has 40 heavy (non-hydrogen) atoms. The van der Waals surface area contributed by atoms with E-state index in [1.165, 1.54) is 36.4 Å². The fourth-order valence-electron chi connectivity index (χ4n) is 4.14. The number of nitrogens with zero attached hydrogens (tertiary/aromatic N) is 2. The largest absolute Gasteiger partial charge is 0.435 e. The number of benzene rings is 4. The van der Waals surface area contributed by atoms with Crippen molar-refractivity contribution in [2.45, 2.75) is 11.1 Å². The van der Waals surface area contributed by atoms with Crippen molar-refractivity contribution >= 4 is 55.6 Å². The summed E-state index contributed by atoms with van der Waals surface area (Å²) >= 11 is 12.4. The fraction of sp³-hybridized carbons (Fsp3) is 0.0370. The Morgan fingerprint density at radius 1 is 0.900 bits per heavy atom. The minimum Gasteiger partial charge on any atom is -0.319 e. The van der Waals surface area contributed by atoms with Crippen molar-refractivity contribution in [1.82, 2.24) is 9.78 Å². The second-order valence-corrected chi connectivity index (χ2v) is 11.1. The molecular formula is C27H17Cl2F3N4O3S. The van der Waals surface area contributed by atoms with Crippen molar-refractivity contribution in [1.29, 1.82) is 0 Å². The van der Waals surface area contributed by atoms with Crippen LogP contribution in [0.4, 0.5) is 18.9 Å². The monoisotopic (exact) mass is 604 g/mol. The highest BCUT2D eigenvalue weighted by Gasteiger charge is 2.36. The number of fused-ring (bicyclic) bond motifs is 1. The van der Waals surface area contributed by atoms with Gasteiger partial charge in [-0.1, -0.05) is 59.6 Å². The second-order valence-electron chi connectivity index (χ2n) is 8.69. The van der Waals surface area contributed by atoms with Crippen LogP contribution in [-0.2, 0) is 16.2 Å². The van der Waals surface area contributed by atoms with E-state index >= 15 is 0 Å². The van der Waals surface area contributed by atoms with Gasteiger partial charge in [-0.25, -0.2) is 18.2 Å². The molecule has 0 atom stereocenters. The van der Waals surface area contributed by atoms with Gasteiger partial charge in [0.2, 0.25) is 10.0 Å². The molecule has 7 nitrogen and oxygen atoms in total. The van der Waals surface area contributed by atoms with Crippen LogP contribution in [0.3, 0.4) is 0 Å². The summed E-state index contributed by atoms with van der Waals surface area (Å²) in [4.78, 5) is 13.1. The molecule has 0 fully saturated rings. The third-order valence-electron chi connectivity index (χ3n) is 5.98. The Balaban J connectivity index is 1.52. The van der Waals surface area contributed by atoms with Crippen molar-refractivity contribution in [2.75, 3.05) is 5.32 Å². The van der Waals surface area contributed by atoms with E-state index in [9.17, 15) is 26.4 Å². The molecule has 1 amide bonds. The Hall–Kier alpha value is -3.90. The predicted molar refractivity (Wildman–Crippen MR) is 147 cm³/mol. The maximum absolute atomic E-state index is 13.6. The lowest BCUT2D eigenvalue weighted by Gasteiger charge is -2.12. The van der Waals surface area contributed by atoms with Crippen molar-refractivity contribution < 1.29 is 26.4 Å². The molecule has 0 saturated carbocycles. The lowest BCUT2D eigenvalue weighted by molar-refractivity contribution is -0.141. The topological polar surface area (TPSA) is 107 Å². The van der Waals surface area contributed by atoms with Crippen molar-refractivity contribution in [3.05, 3.63) is 106 Å². The van der Waals surface area contributed by atoms with Crippen LogP contribution in [0.1, 0.15) is 16.2 Å². The van der Waals surface area contributed by atoms with Crippen LogP contribution in [0.25, 0.3) is 27.6 Å². The average Bonchev–Trinajstić information content (AvgIpc) is 3.36. The van der Waals surface area contributed by atoms with Gasteiger partial charge in [-0.15, -0.1) is 0 Å². The normalized spacial score (nSPS) is 12.1. The molecule has 1 aromatic heterocycles. The molecule has 0 saturated heterocycles. The lowest BCUT2D eigenvalue weighted by atomic mass is 10.1. The summed E-state index contributed by atoms with van der Waals surface area (Å²) in [5.41, 5.74) is -0.659. The first-order valence-corrected chi connectivity index (χ1v) is 13.7. The number of nitrogens with one attached hydrogen (secondary N) is 1. The van der Waals surface area contributed by atoms with E-state index in [0.29, 0.717) is 22.0 Å². The minimum atomic E-state index is -4.80. The number of hydrogen-bond acceptors (Lipinski definition) is 4. The van der Waals surface area contributed by atoms with E-state index in [4.69, 9.17) is 28.3 Å². The molecule has 3 N–H and O–H groups in total. The molecule has 5 aromatic rings. The molecule has 0 aliphatic rings. The second kappa shape index (κ2) is 10.3. The maximum atomic E-state index is 13.6. The summed E-state index contributed by atoms with van der Waals surface area (Å²) in [7, 11) is -4.04. The standard InChI is InChI=1S/C27H17Cl2F3N4O3S/c28-18-8-5-16-12-19(9-6-15(16)11-18)36-23(14-25(35-36)27(30,31)32)26(37)34-22-10-7-17(13-21(22)29)20-3-1-2-4-24(20)40(33,38)39/h1-14H,(H,34,37)(H2,33,38,39). The number of aromatic nitrogens is 2. The van der Waals surface area contributed by atoms with Gasteiger partial charge < -0.3 is 5.32 Å². The van der Waals surface area contributed by atoms with E-state index in [2.05, 4.69) is 10.4 Å². The Morgan fingerprint density at radius 2 is 1.60 bits per heavy atom. The molecule has 0 aliphatic carbocycles. The summed E-state index contributed by atoms with van der Waals surface area (Å²) in [6.07, 6.45) is -4.80. The molecule has 13 heteroatoms. The van der Waals surface area contributed by atoms with Gasteiger partial charge >= 0.3 is 6.18 Å². The number of primary sulfonamides is 1. The highest BCUT2D eigenvalue weighted by atomic mass is 35.5. The van der Waals surface area contributed by atoms with Gasteiger partial charge in [0.15, 0.2) is 5.69 Å². The van der Waals surface area contributed by atoms with Crippen LogP contribution < -0.4 is 10.5 Å². The van der Waals surface area contributed by atoms with Crippen LogP contribution in [0.5, 0.6) is 0 Å². The first-order chi connectivity index (χ1) is 18.8. The maximum Gasteiger partial charge on any atom is 0.435 e. The van der Waals surface area contributed by atoms with Crippen LogP contribution in [0.2, 0.25) is 10.0 Å². The zero-order valence-electron chi connectivity index (χ0n) is 20.1. The van der Waals surface area contributed by atoms with Crippen molar-refractivity contribution in [2.24, 2.45) is 5.14 Å². The van der Waals surface area contributed by atoms with E-state index < -0.39 is 27.8 Å². The summed E-state index contributed by atoms with van der Waals surface area (Å²) in [6, 6.07) is 20.8. The Kier molecular flexibility index (Phi) is 7.09. The molecule has 0 bridgehead atoms. The first kappa shape index (κ1) is 27.7. The molecule has 0 spiro atoms. The number of sulfonamides is 1. The van der Waals surface area contributed by atoms with Crippen LogP contribution in [0, 0.1) is 0 Å². The van der Waals surface area contributed by atoms with E-state index in [1.54, 1.807) is 42.5 Å². The van der Waals surface area contributed by atoms with Crippen LogP contribution in [-0.4, -0.2) is 24.1 Å². The number of alkyl halides is 3. The zero-order chi connectivity index (χ0) is 28.8. The number of halogens is 5. The third-order valence-corrected chi connectivity index (χ3v) is 7.50. The number of rotatable bonds is 5. The third kappa shape index (κ3) is 5.54. The highest BCUT2D eigenvalue weighted by Crippen LogP contribution is 2.34. The van der Waals surface area contributed by atoms with Gasteiger partial charge in [-0.05, 0) is 58.8 Å². The number of nitrogens with two attached hydrogens (primary N) is 1. The van der Waals surface area contributed by atoms with E-state index in [-0.39, 0.29) is 32.6 Å². The summed E-state index contributed by atoms with van der Waals surface area (Å²) in [5.74, 6) is -0.904. The first-order valence-electron chi connectivity index (χ1n) is 11.4. The molecule has 4 aromatic carbocycles. The van der Waals surface area contributed by atoms with Crippen molar-refractivity contribution in [3.8, 4) is 16.8 Å². The molecule has 0 aliphatic heterocycles. The van der Waals surface area contributed by atoms with Gasteiger partial charge in [-0.2, -0.15) is 18.3 Å². The molecule has 5 rings (SSSR count). The predicted octanol–water partition coefficient (Wildman–Crippen LogP) is 6.92. The minimum absolute atomic E-state index is 0.0137. The molecule has 0 unspecified atom stereocenters. The van der Waals surface area contributed by atoms with Crippen LogP contribution >= 0.6 is 23.2 Å². The number of hydrogen-bond donors (Lipinski definition) is 2. The molecule has 0 radical (unpaired) electrons. The van der Waals surface area contributed by atoms with E-state index in [1.807, 2.05) is 0 Å². The number of carbonyl (C=O) groups is 1. The fourth-order valence-corrected chi connectivity index (χ4v) is 5.31. The number of amides is 1. The van der Waals surface area contributed by atoms with Gasteiger partial charge in [0.05, 0.1) is 21.3 Å². The Labute approximate surface area is 236 Å². The molecule has 1 heterocycles. The number of carbonyl (C=O) groups excluding carboxylic acids is 1. The SMILES string of the molecule is NS(=O)(=O)c1ccccc1-c1ccc(NC(=O)c2cc(C(F)(F)F)nn2-c2ccc3cc(Cl)ccc3c2)c(Cl)c1. The highest BCUT2D eigenvalue weighted by molar-refractivity contribution is 7.89. The number of anilines is 1. The van der Waals surface area contributed by atoms with Gasteiger partial charge in [-0.3, -0.25) is 4.79 Å². The van der Waals surface area contributed by atoms with Gasteiger partial charge in [0, 0.05) is 16.7 Å². The smallest absolute Gasteiger partial charge is 0.319 e. The zero-order valence-corrected chi connectivity index (χ0v) is 22.4. The quantitative estimate of drug-likeness (QED) is 0.227. The van der Waals surface area contributed by atoms with Gasteiger partial charge in [0.25, 0.3) is 5.91 Å². The Bertz CT molecular complexity index is 1910. The summed E-state index contributed by atoms with van der Waals surface area (Å²) in [5, 5.41) is 13.4. The lowest BCUT2D eigenvalue weighted by Crippen LogP contribution is -2.17. The Morgan fingerprint density at radius 3 is 2.30 bits per heavy atom. The van der Waals surface area contributed by atoms with Crippen LogP contribution in [0.15, 0.2) is 89.8 Å². The van der Waals surface area contributed by atoms with Crippen molar-refractivity contribution in [3.63, 3.8) is 0 Å². The average molecular weight is 605 g/mol. The molecule has 204 valence electrons. The summed E-state index contributed by atoms with van der Waals surface area (Å²) < 4.78 is 65.6.